The van der Waals surface area contributed by atoms with Crippen molar-refractivity contribution < 1.29 is 13.5 Å². The van der Waals surface area contributed by atoms with E-state index in [0.717, 1.165) is 37.4 Å². The lowest BCUT2D eigenvalue weighted by atomic mass is 10.2. The van der Waals surface area contributed by atoms with Crippen LogP contribution in [0.5, 0.6) is 0 Å². The molecule has 0 bridgehead atoms. The van der Waals surface area contributed by atoms with Gasteiger partial charge in [-0.15, -0.1) is 0 Å². The first kappa shape index (κ1) is 15.0. The third-order valence-corrected chi connectivity index (χ3v) is 2.68. The predicted octanol–water partition coefficient (Wildman–Crippen LogP) is 1.97. The van der Waals surface area contributed by atoms with Gasteiger partial charge in [-0.3, -0.25) is 4.68 Å². The summed E-state index contributed by atoms with van der Waals surface area (Å²) < 4.78 is 31.1. The molecule has 1 heterocycles. The minimum Gasteiger partial charge on any atom is -0.382 e. The monoisotopic (exact) mass is 261 g/mol. The van der Waals surface area contributed by atoms with Crippen molar-refractivity contribution >= 4 is 0 Å². The first-order chi connectivity index (χ1) is 8.65. The molecule has 0 saturated carbocycles. The lowest BCUT2D eigenvalue weighted by molar-refractivity contribution is 0.121. The molecular formula is C12H21F2N3O. The molecule has 0 spiro atoms. The standard InChI is InChI=1S/C12H21F2N3O/c1-3-18-6-4-5-15-7-11-8-16-17(10(11)2)9-12(13)14/h8,12,15H,3-7,9H2,1-2H3. The number of halogens is 2. The summed E-state index contributed by atoms with van der Waals surface area (Å²) in [4.78, 5) is 0. The Bertz CT molecular complexity index is 342. The normalized spacial score (nSPS) is 11.4. The zero-order chi connectivity index (χ0) is 13.4. The molecule has 1 aromatic rings. The van der Waals surface area contributed by atoms with Gasteiger partial charge in [0.15, 0.2) is 0 Å². The van der Waals surface area contributed by atoms with E-state index < -0.39 is 6.43 Å². The Morgan fingerprint density at radius 3 is 2.94 bits per heavy atom. The highest BCUT2D eigenvalue weighted by molar-refractivity contribution is 5.15. The predicted molar refractivity (Wildman–Crippen MR) is 65.8 cm³/mol. The summed E-state index contributed by atoms with van der Waals surface area (Å²) in [6.45, 7) is 6.42. The molecule has 1 rings (SSSR count). The Morgan fingerprint density at radius 1 is 1.50 bits per heavy atom. The van der Waals surface area contributed by atoms with Gasteiger partial charge in [0.05, 0.1) is 6.20 Å². The lowest BCUT2D eigenvalue weighted by Crippen LogP contribution is -2.17. The van der Waals surface area contributed by atoms with E-state index in [0.29, 0.717) is 6.54 Å². The second kappa shape index (κ2) is 8.16. The molecule has 0 radical (unpaired) electrons. The zero-order valence-electron chi connectivity index (χ0n) is 11.0. The summed E-state index contributed by atoms with van der Waals surface area (Å²) in [5.41, 5.74) is 1.76. The van der Waals surface area contributed by atoms with Crippen molar-refractivity contribution in [2.45, 2.75) is 39.8 Å². The Morgan fingerprint density at radius 2 is 2.28 bits per heavy atom. The van der Waals surface area contributed by atoms with Gasteiger partial charge in [-0.1, -0.05) is 0 Å². The van der Waals surface area contributed by atoms with Crippen molar-refractivity contribution in [3.05, 3.63) is 17.5 Å². The summed E-state index contributed by atoms with van der Waals surface area (Å²) in [5, 5.41) is 7.20. The Hall–Kier alpha value is -1.01. The van der Waals surface area contributed by atoms with Crippen LogP contribution in [0.3, 0.4) is 0 Å². The highest BCUT2D eigenvalue weighted by Gasteiger charge is 2.10. The Labute approximate surface area is 106 Å². The van der Waals surface area contributed by atoms with Crippen LogP contribution in [0.15, 0.2) is 6.20 Å². The smallest absolute Gasteiger partial charge is 0.257 e. The molecule has 0 aliphatic rings. The van der Waals surface area contributed by atoms with E-state index in [1.54, 1.807) is 6.20 Å². The van der Waals surface area contributed by atoms with Crippen molar-refractivity contribution in [2.75, 3.05) is 19.8 Å². The van der Waals surface area contributed by atoms with Gasteiger partial charge in [-0.25, -0.2) is 8.78 Å². The van der Waals surface area contributed by atoms with E-state index in [4.69, 9.17) is 4.74 Å². The van der Waals surface area contributed by atoms with Gasteiger partial charge in [0, 0.05) is 31.0 Å². The maximum atomic E-state index is 12.2. The van der Waals surface area contributed by atoms with Gasteiger partial charge < -0.3 is 10.1 Å². The highest BCUT2D eigenvalue weighted by Crippen LogP contribution is 2.08. The van der Waals surface area contributed by atoms with Crippen molar-refractivity contribution in [1.29, 1.82) is 0 Å². The topological polar surface area (TPSA) is 39.1 Å². The van der Waals surface area contributed by atoms with Crippen LogP contribution in [0.1, 0.15) is 24.6 Å². The fourth-order valence-electron chi connectivity index (χ4n) is 1.64. The molecule has 18 heavy (non-hydrogen) atoms. The fraction of sp³-hybridized carbons (Fsp3) is 0.750. The van der Waals surface area contributed by atoms with Crippen molar-refractivity contribution in [3.8, 4) is 0 Å². The number of aromatic nitrogens is 2. The second-order valence-electron chi connectivity index (χ2n) is 4.06. The van der Waals surface area contributed by atoms with Crippen LogP contribution >= 0.6 is 0 Å². The molecule has 1 aromatic heterocycles. The molecule has 0 atom stereocenters. The van der Waals surface area contributed by atoms with Gasteiger partial charge in [0.1, 0.15) is 6.54 Å². The van der Waals surface area contributed by atoms with E-state index in [-0.39, 0.29) is 6.54 Å². The molecule has 4 nitrogen and oxygen atoms in total. The quantitative estimate of drug-likeness (QED) is 0.691. The Kier molecular flexibility index (Phi) is 6.82. The molecule has 6 heteroatoms. The van der Waals surface area contributed by atoms with Crippen molar-refractivity contribution in [1.82, 2.24) is 15.1 Å². The molecule has 0 aromatic carbocycles. The first-order valence-electron chi connectivity index (χ1n) is 6.23. The van der Waals surface area contributed by atoms with Crippen molar-refractivity contribution in [2.24, 2.45) is 0 Å². The molecule has 0 unspecified atom stereocenters. The third-order valence-electron chi connectivity index (χ3n) is 2.68. The molecule has 0 fully saturated rings. The number of alkyl halides is 2. The summed E-state index contributed by atoms with van der Waals surface area (Å²) in [6, 6.07) is 0. The maximum absolute atomic E-state index is 12.2. The van der Waals surface area contributed by atoms with E-state index in [1.165, 1.54) is 4.68 Å². The number of hydrogen-bond donors (Lipinski definition) is 1. The number of ether oxygens (including phenoxy) is 1. The molecule has 0 saturated heterocycles. The van der Waals surface area contributed by atoms with Crippen LogP contribution in [0.2, 0.25) is 0 Å². The molecule has 1 N–H and O–H groups in total. The van der Waals surface area contributed by atoms with Crippen LogP contribution in [0, 0.1) is 6.92 Å². The number of nitrogens with one attached hydrogen (secondary N) is 1. The van der Waals surface area contributed by atoms with Gasteiger partial charge in [0.2, 0.25) is 0 Å². The van der Waals surface area contributed by atoms with E-state index >= 15 is 0 Å². The molecular weight excluding hydrogens is 240 g/mol. The van der Waals surface area contributed by atoms with Crippen LogP contribution in [0.25, 0.3) is 0 Å². The summed E-state index contributed by atoms with van der Waals surface area (Å²) in [5.74, 6) is 0. The summed E-state index contributed by atoms with van der Waals surface area (Å²) in [6.07, 6.45) is 0.223. The average Bonchev–Trinajstić information content (AvgIpc) is 2.65. The Balaban J connectivity index is 2.28. The summed E-state index contributed by atoms with van der Waals surface area (Å²) in [7, 11) is 0. The average molecular weight is 261 g/mol. The molecule has 0 amide bonds. The largest absolute Gasteiger partial charge is 0.382 e. The highest BCUT2D eigenvalue weighted by atomic mass is 19.3. The summed E-state index contributed by atoms with van der Waals surface area (Å²) >= 11 is 0. The molecule has 0 aliphatic heterocycles. The fourth-order valence-corrected chi connectivity index (χ4v) is 1.64. The zero-order valence-corrected chi connectivity index (χ0v) is 11.0. The maximum Gasteiger partial charge on any atom is 0.257 e. The van der Waals surface area contributed by atoms with Crippen LogP contribution in [0.4, 0.5) is 8.78 Å². The van der Waals surface area contributed by atoms with Gasteiger partial charge >= 0.3 is 0 Å². The molecule has 104 valence electrons. The van der Waals surface area contributed by atoms with Gasteiger partial charge in [-0.2, -0.15) is 5.10 Å². The third kappa shape index (κ3) is 5.10. The SMILES string of the molecule is CCOCCCNCc1cnn(CC(F)F)c1C. The minimum absolute atomic E-state index is 0.337. The van der Waals surface area contributed by atoms with Gasteiger partial charge in [-0.05, 0) is 26.8 Å². The van der Waals surface area contributed by atoms with Crippen molar-refractivity contribution in [3.63, 3.8) is 0 Å². The van der Waals surface area contributed by atoms with Gasteiger partial charge in [0.25, 0.3) is 6.43 Å². The second-order valence-corrected chi connectivity index (χ2v) is 4.06. The van der Waals surface area contributed by atoms with E-state index in [9.17, 15) is 8.78 Å². The molecule has 0 aliphatic carbocycles. The van der Waals surface area contributed by atoms with Crippen LogP contribution in [-0.4, -0.2) is 36.0 Å². The number of rotatable bonds is 9. The van der Waals surface area contributed by atoms with Crippen LogP contribution in [-0.2, 0) is 17.8 Å². The minimum atomic E-state index is -2.37. The number of nitrogens with zero attached hydrogens (tertiary/aromatic N) is 2. The lowest BCUT2D eigenvalue weighted by Gasteiger charge is -2.06. The number of hydrogen-bond acceptors (Lipinski definition) is 3. The van der Waals surface area contributed by atoms with Crippen LogP contribution < -0.4 is 5.32 Å². The van der Waals surface area contributed by atoms with E-state index in [1.807, 2.05) is 13.8 Å². The van der Waals surface area contributed by atoms with E-state index in [2.05, 4.69) is 10.4 Å². The first-order valence-corrected chi connectivity index (χ1v) is 6.23.